The summed E-state index contributed by atoms with van der Waals surface area (Å²) < 4.78 is 13.0. The van der Waals surface area contributed by atoms with Crippen LogP contribution in [0.4, 0.5) is 0 Å². The summed E-state index contributed by atoms with van der Waals surface area (Å²) in [5.41, 5.74) is -0.307. The standard InChI is InChI=1S/C20H47NO2Si2/c1-11-17(9,22-15(5)6)19(24,13-3)21-20(25,14-4)18(10,12-2)23-16(7)8/h15-16,21H,11-14H2,1-10,24-25H3. The molecular formula is C20H47NO2Si2. The molecule has 0 heterocycles. The second-order valence-electron chi connectivity index (χ2n) is 9.00. The lowest BCUT2D eigenvalue weighted by Crippen LogP contribution is -2.75. The molecule has 0 aliphatic carbocycles. The van der Waals surface area contributed by atoms with Crippen LogP contribution in [0.1, 0.15) is 94.9 Å². The first kappa shape index (κ1) is 25.3. The second-order valence-corrected chi connectivity index (χ2v) is 12.4. The van der Waals surface area contributed by atoms with Gasteiger partial charge in [0.05, 0.1) is 23.4 Å². The number of rotatable bonds is 12. The summed E-state index contributed by atoms with van der Waals surface area (Å²) in [5.74, 6) is 0. The maximum Gasteiger partial charge on any atom is 0.0798 e. The van der Waals surface area contributed by atoms with Gasteiger partial charge in [-0.1, -0.05) is 27.7 Å². The Labute approximate surface area is 164 Å². The molecule has 0 aliphatic heterocycles. The van der Waals surface area contributed by atoms with Gasteiger partial charge in [-0.15, -0.1) is 0 Å². The zero-order valence-electron chi connectivity index (χ0n) is 19.3. The van der Waals surface area contributed by atoms with E-state index in [1.54, 1.807) is 0 Å². The zero-order valence-corrected chi connectivity index (χ0v) is 23.3. The van der Waals surface area contributed by atoms with E-state index in [0.717, 1.165) is 46.2 Å². The first-order valence-electron chi connectivity index (χ1n) is 10.4. The Kier molecular flexibility index (Phi) is 9.61. The van der Waals surface area contributed by atoms with E-state index in [-0.39, 0.29) is 33.7 Å². The Morgan fingerprint density at radius 3 is 1.12 bits per heavy atom. The molecule has 1 N–H and O–H groups in total. The molecule has 0 rings (SSSR count). The van der Waals surface area contributed by atoms with Crippen LogP contribution in [-0.4, -0.2) is 54.2 Å². The first-order chi connectivity index (χ1) is 11.3. The van der Waals surface area contributed by atoms with E-state index < -0.39 is 0 Å². The van der Waals surface area contributed by atoms with Gasteiger partial charge >= 0.3 is 0 Å². The van der Waals surface area contributed by atoms with Gasteiger partial charge < -0.3 is 14.8 Å². The van der Waals surface area contributed by atoms with Gasteiger partial charge in [-0.05, 0) is 67.2 Å². The average molecular weight is 390 g/mol. The highest BCUT2D eigenvalue weighted by molar-refractivity contribution is 6.19. The normalized spacial score (nSPS) is 22.6. The SMILES string of the molecule is CCC([SiH3])(NC([SiH3])(CC)C(C)(CC)OC(C)C)C(C)(CC)OC(C)C. The van der Waals surface area contributed by atoms with Crippen molar-refractivity contribution >= 4 is 20.5 Å². The third-order valence-electron chi connectivity index (χ3n) is 6.64. The number of hydrogen-bond donors (Lipinski definition) is 1. The average Bonchev–Trinajstić information content (AvgIpc) is 2.52. The number of nitrogens with one attached hydrogen (secondary N) is 1. The number of hydrogen-bond acceptors (Lipinski definition) is 3. The van der Waals surface area contributed by atoms with Gasteiger partial charge in [0.25, 0.3) is 0 Å². The molecule has 0 aromatic heterocycles. The molecule has 4 atom stereocenters. The minimum atomic E-state index is -0.153. The predicted molar refractivity (Wildman–Crippen MR) is 119 cm³/mol. The van der Waals surface area contributed by atoms with E-state index >= 15 is 0 Å². The van der Waals surface area contributed by atoms with Crippen LogP contribution >= 0.6 is 0 Å². The van der Waals surface area contributed by atoms with Crippen LogP contribution in [0.5, 0.6) is 0 Å². The number of ether oxygens (including phenoxy) is 2. The van der Waals surface area contributed by atoms with E-state index in [0.29, 0.717) is 0 Å². The molecule has 0 radical (unpaired) electrons. The molecule has 0 saturated heterocycles. The minimum Gasteiger partial charge on any atom is -0.371 e. The first-order valence-corrected chi connectivity index (χ1v) is 12.4. The van der Waals surface area contributed by atoms with E-state index in [1.807, 2.05) is 0 Å². The fourth-order valence-corrected chi connectivity index (χ4v) is 6.59. The molecule has 0 aliphatic rings. The molecular weight excluding hydrogens is 342 g/mol. The van der Waals surface area contributed by atoms with Gasteiger partial charge in [-0.2, -0.15) is 0 Å². The van der Waals surface area contributed by atoms with Crippen LogP contribution in [0.15, 0.2) is 0 Å². The summed E-state index contributed by atoms with van der Waals surface area (Å²) in [6, 6.07) is 0. The summed E-state index contributed by atoms with van der Waals surface area (Å²) in [5, 5.41) is 4.23. The molecule has 5 heteroatoms. The zero-order chi connectivity index (χ0) is 20.1. The van der Waals surface area contributed by atoms with Gasteiger partial charge in [-0.25, -0.2) is 0 Å². The lowest BCUT2D eigenvalue weighted by molar-refractivity contribution is -0.137. The van der Waals surface area contributed by atoms with Crippen LogP contribution in [-0.2, 0) is 9.47 Å². The van der Waals surface area contributed by atoms with Gasteiger partial charge in [0.15, 0.2) is 0 Å². The van der Waals surface area contributed by atoms with Crippen molar-refractivity contribution < 1.29 is 9.47 Å². The summed E-state index contributed by atoms with van der Waals surface area (Å²) >= 11 is 0. The minimum absolute atomic E-state index is 0.0283. The fourth-order valence-electron chi connectivity index (χ4n) is 4.05. The van der Waals surface area contributed by atoms with Crippen molar-refractivity contribution in [1.82, 2.24) is 5.32 Å². The fraction of sp³-hybridized carbons (Fsp3) is 1.00. The molecule has 0 saturated carbocycles. The van der Waals surface area contributed by atoms with Crippen molar-refractivity contribution in [3.05, 3.63) is 0 Å². The Balaban J connectivity index is 5.95. The van der Waals surface area contributed by atoms with E-state index in [1.165, 1.54) is 0 Å². The third-order valence-corrected chi connectivity index (χ3v) is 10.7. The molecule has 152 valence electrons. The molecule has 0 bridgehead atoms. The second kappa shape index (κ2) is 9.49. The summed E-state index contributed by atoms with van der Waals surface area (Å²) in [6.45, 7) is 22.3. The van der Waals surface area contributed by atoms with Crippen LogP contribution in [0.3, 0.4) is 0 Å². The van der Waals surface area contributed by atoms with Crippen molar-refractivity contribution in [2.45, 2.75) is 129 Å². The van der Waals surface area contributed by atoms with Crippen molar-refractivity contribution in [3.8, 4) is 0 Å². The predicted octanol–water partition coefficient (Wildman–Crippen LogP) is 2.71. The van der Waals surface area contributed by atoms with Crippen molar-refractivity contribution in [2.24, 2.45) is 0 Å². The van der Waals surface area contributed by atoms with Crippen molar-refractivity contribution in [1.29, 1.82) is 0 Å². The summed E-state index contributed by atoms with van der Waals surface area (Å²) in [7, 11) is 2.09. The third kappa shape index (κ3) is 5.64. The molecule has 0 fully saturated rings. The Morgan fingerprint density at radius 1 is 0.680 bits per heavy atom. The maximum absolute atomic E-state index is 6.51. The van der Waals surface area contributed by atoms with Crippen molar-refractivity contribution in [2.75, 3.05) is 0 Å². The maximum atomic E-state index is 6.51. The highest BCUT2D eigenvalue weighted by Gasteiger charge is 2.52. The lowest BCUT2D eigenvalue weighted by Gasteiger charge is -2.56. The van der Waals surface area contributed by atoms with Gasteiger partial charge in [-0.3, -0.25) is 0 Å². The Morgan fingerprint density at radius 2 is 0.960 bits per heavy atom. The van der Waals surface area contributed by atoms with Crippen LogP contribution in [0.2, 0.25) is 0 Å². The van der Waals surface area contributed by atoms with E-state index in [2.05, 4.69) is 74.6 Å². The molecule has 3 nitrogen and oxygen atoms in total. The summed E-state index contributed by atoms with van der Waals surface area (Å²) in [4.78, 5) is 0. The highest BCUT2D eigenvalue weighted by atomic mass is 28.2. The molecule has 0 spiro atoms. The van der Waals surface area contributed by atoms with Crippen LogP contribution in [0, 0.1) is 0 Å². The van der Waals surface area contributed by atoms with Gasteiger partial charge in [0.2, 0.25) is 0 Å². The molecule has 0 amide bonds. The van der Waals surface area contributed by atoms with E-state index in [4.69, 9.17) is 9.47 Å². The molecule has 0 aromatic carbocycles. The van der Waals surface area contributed by atoms with Crippen molar-refractivity contribution in [3.63, 3.8) is 0 Å². The lowest BCUT2D eigenvalue weighted by atomic mass is 9.84. The monoisotopic (exact) mass is 389 g/mol. The van der Waals surface area contributed by atoms with E-state index in [9.17, 15) is 0 Å². The molecule has 0 aromatic rings. The van der Waals surface area contributed by atoms with Gasteiger partial charge in [0, 0.05) is 30.8 Å². The topological polar surface area (TPSA) is 30.5 Å². The highest BCUT2D eigenvalue weighted by Crippen LogP contribution is 2.38. The quantitative estimate of drug-likeness (QED) is 0.521. The Bertz CT molecular complexity index is 371. The van der Waals surface area contributed by atoms with Crippen LogP contribution in [0.25, 0.3) is 0 Å². The smallest absolute Gasteiger partial charge is 0.0798 e. The Hall–Kier alpha value is 0.314. The van der Waals surface area contributed by atoms with Gasteiger partial charge in [0.1, 0.15) is 0 Å². The largest absolute Gasteiger partial charge is 0.371 e. The van der Waals surface area contributed by atoms with Crippen LogP contribution < -0.4 is 5.32 Å². The molecule has 25 heavy (non-hydrogen) atoms. The molecule has 4 unspecified atom stereocenters. The summed E-state index contributed by atoms with van der Waals surface area (Å²) in [6.07, 6.45) is 4.68.